The molecule has 2 aromatic heterocycles. The van der Waals surface area contributed by atoms with Crippen LogP contribution in [0.3, 0.4) is 0 Å². The highest BCUT2D eigenvalue weighted by Crippen LogP contribution is 2.42. The molecule has 6 rings (SSSR count). The summed E-state index contributed by atoms with van der Waals surface area (Å²) in [7, 11) is 0. The van der Waals surface area contributed by atoms with E-state index in [2.05, 4.69) is 5.32 Å². The number of para-hydroxylation sites is 2. The van der Waals surface area contributed by atoms with Crippen molar-refractivity contribution >= 4 is 23.3 Å². The number of carbonyl (C=O) groups excluding carboxylic acids is 2. The molecule has 3 amide bonds. The monoisotopic (exact) mass is 488 g/mol. The number of halogens is 2. The maximum atomic E-state index is 13.9. The van der Waals surface area contributed by atoms with Crippen molar-refractivity contribution in [2.75, 3.05) is 16.8 Å². The van der Waals surface area contributed by atoms with Crippen LogP contribution in [0.5, 0.6) is 0 Å². The topological polar surface area (TPSA) is 70.7 Å². The summed E-state index contributed by atoms with van der Waals surface area (Å²) in [6.07, 6.45) is 5.04. The molecule has 2 aliphatic rings. The third kappa shape index (κ3) is 3.82. The predicted molar refractivity (Wildman–Crippen MR) is 129 cm³/mol. The number of furan rings is 1. The minimum atomic E-state index is -1.06. The number of hydrogen-bond acceptors (Lipinski definition) is 3. The van der Waals surface area contributed by atoms with Crippen LogP contribution < -0.4 is 10.2 Å². The number of nitrogens with one attached hydrogen (secondary N) is 1. The third-order valence-corrected chi connectivity index (χ3v) is 6.53. The van der Waals surface area contributed by atoms with E-state index in [0.717, 1.165) is 36.4 Å². The molecule has 0 radical (unpaired) electrons. The smallest absolute Gasteiger partial charge is 0.322 e. The predicted octanol–water partition coefficient (Wildman–Crippen LogP) is 5.48. The fourth-order valence-corrected chi connectivity index (χ4v) is 4.72. The Morgan fingerprint density at radius 2 is 1.78 bits per heavy atom. The Morgan fingerprint density at radius 3 is 2.50 bits per heavy atom. The van der Waals surface area contributed by atoms with Gasteiger partial charge in [-0.1, -0.05) is 12.1 Å². The second-order valence-electron chi connectivity index (χ2n) is 8.89. The van der Waals surface area contributed by atoms with E-state index < -0.39 is 23.7 Å². The van der Waals surface area contributed by atoms with E-state index in [1.165, 1.54) is 11.0 Å². The van der Waals surface area contributed by atoms with Crippen molar-refractivity contribution in [1.29, 1.82) is 0 Å². The number of fused-ring (bicyclic) bond motifs is 3. The summed E-state index contributed by atoms with van der Waals surface area (Å²) in [5, 5.41) is 2.60. The summed E-state index contributed by atoms with van der Waals surface area (Å²) in [6, 6.07) is 17.0. The Hall–Kier alpha value is -4.40. The number of hydrogen-bond donors (Lipinski definition) is 1. The zero-order valence-corrected chi connectivity index (χ0v) is 19.1. The van der Waals surface area contributed by atoms with E-state index >= 15 is 0 Å². The van der Waals surface area contributed by atoms with E-state index in [-0.39, 0.29) is 24.2 Å². The molecule has 3 heterocycles. The van der Waals surface area contributed by atoms with Gasteiger partial charge in [0.15, 0.2) is 11.6 Å². The molecule has 4 aromatic rings. The summed E-state index contributed by atoms with van der Waals surface area (Å²) in [5.41, 5.74) is 2.52. The average molecular weight is 488 g/mol. The highest BCUT2D eigenvalue weighted by molar-refractivity contribution is 6.01. The minimum absolute atomic E-state index is 0.106. The van der Waals surface area contributed by atoms with E-state index in [0.29, 0.717) is 11.4 Å². The average Bonchev–Trinajstić information content (AvgIpc) is 3.35. The van der Waals surface area contributed by atoms with Crippen LogP contribution in [-0.4, -0.2) is 34.0 Å². The van der Waals surface area contributed by atoms with Crippen molar-refractivity contribution in [1.82, 2.24) is 9.47 Å². The molecule has 2 aromatic carbocycles. The zero-order valence-electron chi connectivity index (χ0n) is 19.1. The first kappa shape index (κ1) is 22.1. The van der Waals surface area contributed by atoms with Gasteiger partial charge in [-0.3, -0.25) is 9.69 Å². The first-order valence-electron chi connectivity index (χ1n) is 11.7. The van der Waals surface area contributed by atoms with E-state index in [4.69, 9.17) is 4.42 Å². The molecule has 0 spiro atoms. The SMILES string of the molecule is O=C(Nc1ccc(F)c(F)c1)N(CC(=O)N1c2ccccc2-n2cccc2C1c1ccco1)C1CC1. The van der Waals surface area contributed by atoms with Crippen molar-refractivity contribution < 1.29 is 22.8 Å². The number of carbonyl (C=O) groups is 2. The lowest BCUT2D eigenvalue weighted by atomic mass is 10.0. The van der Waals surface area contributed by atoms with E-state index in [9.17, 15) is 18.4 Å². The fourth-order valence-electron chi connectivity index (χ4n) is 4.72. The summed E-state index contributed by atoms with van der Waals surface area (Å²) in [6.45, 7) is -0.188. The molecule has 7 nitrogen and oxygen atoms in total. The van der Waals surface area contributed by atoms with Crippen LogP contribution in [0, 0.1) is 11.6 Å². The second kappa shape index (κ2) is 8.67. The van der Waals surface area contributed by atoms with Crippen molar-refractivity contribution in [2.45, 2.75) is 24.9 Å². The number of amides is 3. The molecule has 0 bridgehead atoms. The largest absolute Gasteiger partial charge is 0.467 e. The van der Waals surface area contributed by atoms with Gasteiger partial charge < -0.3 is 19.2 Å². The molecule has 1 aliphatic heterocycles. The quantitative estimate of drug-likeness (QED) is 0.404. The molecule has 1 fully saturated rings. The van der Waals surface area contributed by atoms with Gasteiger partial charge in [-0.2, -0.15) is 0 Å². The molecule has 36 heavy (non-hydrogen) atoms. The lowest BCUT2D eigenvalue weighted by Gasteiger charge is -2.38. The summed E-state index contributed by atoms with van der Waals surface area (Å²) in [5.74, 6) is -1.75. The lowest BCUT2D eigenvalue weighted by molar-refractivity contribution is -0.119. The van der Waals surface area contributed by atoms with Crippen molar-refractivity contribution in [2.24, 2.45) is 0 Å². The molecule has 1 N–H and O–H groups in total. The van der Waals surface area contributed by atoms with Crippen LogP contribution in [0.1, 0.15) is 30.3 Å². The maximum Gasteiger partial charge on any atom is 0.322 e. The Morgan fingerprint density at radius 1 is 0.972 bits per heavy atom. The standard InChI is InChI=1S/C27H22F2N4O3/c28-19-12-9-17(15-20(19)29)30-27(35)32(18-10-11-18)16-25(34)33-22-6-2-1-5-21(22)31-13-3-7-23(31)26(33)24-8-4-14-36-24/h1-9,12-15,18,26H,10-11,16H2,(H,30,35). The van der Waals surface area contributed by atoms with Crippen LogP contribution in [0.15, 0.2) is 83.6 Å². The number of aromatic nitrogens is 1. The Bertz CT molecular complexity index is 1440. The molecule has 1 aliphatic carbocycles. The molecule has 1 unspecified atom stereocenters. The minimum Gasteiger partial charge on any atom is -0.467 e. The van der Waals surface area contributed by atoms with Gasteiger partial charge >= 0.3 is 6.03 Å². The Labute approximate surface area is 205 Å². The summed E-state index contributed by atoms with van der Waals surface area (Å²) >= 11 is 0. The van der Waals surface area contributed by atoms with Gasteiger partial charge in [-0.15, -0.1) is 0 Å². The Balaban J connectivity index is 1.33. The molecule has 1 saturated carbocycles. The van der Waals surface area contributed by atoms with Gasteiger partial charge in [-0.05, 0) is 61.4 Å². The van der Waals surface area contributed by atoms with Crippen LogP contribution >= 0.6 is 0 Å². The third-order valence-electron chi connectivity index (χ3n) is 6.53. The zero-order chi connectivity index (χ0) is 24.8. The van der Waals surface area contributed by atoms with Crippen LogP contribution in [-0.2, 0) is 4.79 Å². The summed E-state index contributed by atoms with van der Waals surface area (Å²) in [4.78, 5) is 30.2. The highest BCUT2D eigenvalue weighted by atomic mass is 19.2. The number of rotatable bonds is 5. The van der Waals surface area contributed by atoms with Gasteiger partial charge in [0.2, 0.25) is 5.91 Å². The fraction of sp³-hybridized carbons (Fsp3) is 0.185. The number of nitrogens with zero attached hydrogens (tertiary/aromatic N) is 3. The molecule has 182 valence electrons. The van der Waals surface area contributed by atoms with Gasteiger partial charge in [0, 0.05) is 24.0 Å². The molecule has 0 saturated heterocycles. The molecule has 9 heteroatoms. The first-order valence-corrected chi connectivity index (χ1v) is 11.7. The van der Waals surface area contributed by atoms with Crippen molar-refractivity contribution in [3.05, 3.63) is 102 Å². The number of urea groups is 1. The second-order valence-corrected chi connectivity index (χ2v) is 8.89. The first-order chi connectivity index (χ1) is 17.5. The van der Waals surface area contributed by atoms with Gasteiger partial charge in [0.25, 0.3) is 0 Å². The van der Waals surface area contributed by atoms with E-state index in [1.54, 1.807) is 17.2 Å². The van der Waals surface area contributed by atoms with Gasteiger partial charge in [-0.25, -0.2) is 13.6 Å². The van der Waals surface area contributed by atoms with Gasteiger partial charge in [0.05, 0.1) is 23.3 Å². The lowest BCUT2D eigenvalue weighted by Crippen LogP contribution is -2.48. The van der Waals surface area contributed by atoms with Crippen molar-refractivity contribution in [3.63, 3.8) is 0 Å². The van der Waals surface area contributed by atoms with Gasteiger partial charge in [0.1, 0.15) is 18.3 Å². The molecular formula is C27H22F2N4O3. The summed E-state index contributed by atoms with van der Waals surface area (Å²) < 4.78 is 34.7. The van der Waals surface area contributed by atoms with E-state index in [1.807, 2.05) is 53.2 Å². The van der Waals surface area contributed by atoms with Crippen LogP contribution in [0.25, 0.3) is 5.69 Å². The normalized spacial score (nSPS) is 16.3. The van der Waals surface area contributed by atoms with Crippen molar-refractivity contribution in [3.8, 4) is 5.69 Å². The highest BCUT2D eigenvalue weighted by Gasteiger charge is 2.41. The number of benzene rings is 2. The molecular weight excluding hydrogens is 466 g/mol. The maximum absolute atomic E-state index is 13.9. The number of anilines is 2. The molecule has 1 atom stereocenters. The Kier molecular flexibility index (Phi) is 5.32. The van der Waals surface area contributed by atoms with Crippen LogP contribution in [0.4, 0.5) is 25.0 Å². The van der Waals surface area contributed by atoms with Crippen LogP contribution in [0.2, 0.25) is 0 Å².